The molecule has 0 aromatic carbocycles. The number of esters is 1. The summed E-state index contributed by atoms with van der Waals surface area (Å²) in [4.78, 5) is 42.5. The fourth-order valence-corrected chi connectivity index (χ4v) is 7.18. The number of ether oxygens (including phenoxy) is 5. The lowest BCUT2D eigenvalue weighted by Gasteiger charge is -2.48. The number of cyclic esters (lactones) is 1. The van der Waals surface area contributed by atoms with Crippen molar-refractivity contribution in [2.24, 2.45) is 23.7 Å². The van der Waals surface area contributed by atoms with E-state index in [4.69, 9.17) is 23.7 Å². The van der Waals surface area contributed by atoms with Gasteiger partial charge in [-0.25, -0.2) is 4.79 Å². The second-order valence-corrected chi connectivity index (χ2v) is 14.4. The number of methoxy groups -OCH3 is 1. The molecule has 2 fully saturated rings. The maximum atomic E-state index is 13.8. The van der Waals surface area contributed by atoms with Crippen LogP contribution in [0.25, 0.3) is 0 Å². The highest BCUT2D eigenvalue weighted by molar-refractivity contribution is 5.83. The molecule has 13 heteroatoms. The van der Waals surface area contributed by atoms with Crippen molar-refractivity contribution in [3.63, 3.8) is 0 Å². The largest absolute Gasteiger partial charge is 0.459 e. The lowest BCUT2D eigenvalue weighted by molar-refractivity contribution is -0.301. The Kier molecular flexibility index (Phi) is 15.1. The lowest BCUT2D eigenvalue weighted by Crippen LogP contribution is -2.60. The number of nitrogens with one attached hydrogen (secondary N) is 1. The predicted octanol–water partition coefficient (Wildman–Crippen LogP) is 2.66. The summed E-state index contributed by atoms with van der Waals surface area (Å²) in [5.41, 5.74) is -3.23. The lowest BCUT2D eigenvalue weighted by atomic mass is 9.74. The van der Waals surface area contributed by atoms with Crippen LogP contribution in [0.3, 0.4) is 0 Å². The zero-order chi connectivity index (χ0) is 36.0. The first kappa shape index (κ1) is 41.3. The number of carbonyl (C=O) groups excluding carboxylic acids is 3. The molecule has 2 heterocycles. The highest BCUT2D eigenvalue weighted by Crippen LogP contribution is 2.40. The first-order valence-electron chi connectivity index (χ1n) is 17.1. The van der Waals surface area contributed by atoms with E-state index in [1.54, 1.807) is 34.6 Å². The summed E-state index contributed by atoms with van der Waals surface area (Å²) < 4.78 is 30.7. The molecule has 14 atom stereocenters. The molecule has 2 aliphatic heterocycles. The van der Waals surface area contributed by atoms with Crippen molar-refractivity contribution >= 4 is 17.8 Å². The fraction of sp³-hybridized carbons (Fsp3) is 0.912. The molecule has 2 aliphatic rings. The van der Waals surface area contributed by atoms with Crippen LogP contribution in [0.15, 0.2) is 0 Å². The Balaban J connectivity index is 2.76. The average Bonchev–Trinajstić information content (AvgIpc) is 3.02. The van der Waals surface area contributed by atoms with Crippen LogP contribution in [0.2, 0.25) is 0 Å². The molecule has 0 bridgehead atoms. The molecular formula is C34H62N2O11. The van der Waals surface area contributed by atoms with Crippen LogP contribution < -0.4 is 5.32 Å². The minimum Gasteiger partial charge on any atom is -0.459 e. The van der Waals surface area contributed by atoms with Crippen LogP contribution in [-0.4, -0.2) is 126 Å². The van der Waals surface area contributed by atoms with E-state index in [9.17, 15) is 29.7 Å². The molecular weight excluding hydrogens is 612 g/mol. The standard InChI is InChI=1S/C34H62N2O11/c1-13-15-35-32(41)46-27-21(6)29(47-31-26(38)23(36(10)11)16-19(4)44-31)33(8,43-12)17-18(3)25(37)20(5)28(39)34(9,42)24(14-2)45-30(40)22(27)7/h18-24,26-29,31,38-39,42H,13-17H2,1-12H3,(H,35,41)/t18-,19-,20+,21+,22-,23+,24-,26-,27+,28-,29-,31+,33-,34-/m1/s1. The zero-order valence-corrected chi connectivity index (χ0v) is 30.5. The van der Waals surface area contributed by atoms with Gasteiger partial charge in [0.2, 0.25) is 0 Å². The summed E-state index contributed by atoms with van der Waals surface area (Å²) in [5, 5.41) is 36.9. The van der Waals surface area contributed by atoms with Crippen LogP contribution in [0.4, 0.5) is 4.79 Å². The van der Waals surface area contributed by atoms with Gasteiger partial charge in [0.25, 0.3) is 0 Å². The number of likely N-dealkylation sites (N-methyl/N-ethyl adjacent to an activating group) is 1. The Labute approximate surface area is 281 Å². The van der Waals surface area contributed by atoms with Gasteiger partial charge < -0.3 is 49.2 Å². The first-order chi connectivity index (χ1) is 21.8. The summed E-state index contributed by atoms with van der Waals surface area (Å²) in [7, 11) is 5.20. The van der Waals surface area contributed by atoms with Crippen molar-refractivity contribution < 1.29 is 53.4 Å². The van der Waals surface area contributed by atoms with Crippen molar-refractivity contribution in [1.82, 2.24) is 10.2 Å². The van der Waals surface area contributed by atoms with Gasteiger partial charge in [0, 0.05) is 37.5 Å². The van der Waals surface area contributed by atoms with E-state index in [2.05, 4.69) is 5.32 Å². The quantitative estimate of drug-likeness (QED) is 0.278. The SMILES string of the molecule is CCCNC(=O)O[C@H]1[C@H](C)[C@@H](O[C@@H]2O[C@H](C)C[C@H](N(C)C)[C@H]2O)[C@](C)(OC)C[C@@H](C)C(=O)[C@H](C)[C@@H](O)[C@](C)(O)[C@@H](CC)OC(=O)[C@@H]1C. The van der Waals surface area contributed by atoms with Crippen molar-refractivity contribution in [3.8, 4) is 0 Å². The molecule has 1 amide bonds. The number of alkyl carbamates (subject to hydrolysis) is 1. The number of carbonyl (C=O) groups is 3. The minimum absolute atomic E-state index is 0.0941. The third kappa shape index (κ3) is 9.64. The molecule has 0 spiro atoms. The van der Waals surface area contributed by atoms with E-state index in [0.717, 1.165) is 0 Å². The number of nitrogens with zero attached hydrogens (tertiary/aromatic N) is 1. The summed E-state index contributed by atoms with van der Waals surface area (Å²) in [5.74, 6) is -4.68. The van der Waals surface area contributed by atoms with E-state index in [1.165, 1.54) is 21.0 Å². The molecule has 0 radical (unpaired) electrons. The Morgan fingerprint density at radius 2 is 1.68 bits per heavy atom. The number of ketones is 1. The molecule has 274 valence electrons. The number of amides is 1. The van der Waals surface area contributed by atoms with Gasteiger partial charge in [-0.2, -0.15) is 0 Å². The summed E-state index contributed by atoms with van der Waals surface area (Å²) in [6, 6.07) is -0.284. The van der Waals surface area contributed by atoms with Gasteiger partial charge in [-0.1, -0.05) is 34.6 Å². The van der Waals surface area contributed by atoms with Gasteiger partial charge in [-0.3, -0.25) is 9.59 Å². The second-order valence-electron chi connectivity index (χ2n) is 14.4. The number of hydrogen-bond donors (Lipinski definition) is 4. The van der Waals surface area contributed by atoms with Crippen molar-refractivity contribution in [1.29, 1.82) is 0 Å². The van der Waals surface area contributed by atoms with E-state index in [-0.39, 0.29) is 30.8 Å². The van der Waals surface area contributed by atoms with Crippen LogP contribution >= 0.6 is 0 Å². The Morgan fingerprint density at radius 1 is 1.06 bits per heavy atom. The van der Waals surface area contributed by atoms with Crippen LogP contribution in [0.1, 0.15) is 88.0 Å². The van der Waals surface area contributed by atoms with Crippen LogP contribution in [0.5, 0.6) is 0 Å². The van der Waals surface area contributed by atoms with E-state index >= 15 is 0 Å². The number of aliphatic hydroxyl groups is 3. The molecule has 13 nitrogen and oxygen atoms in total. The smallest absolute Gasteiger partial charge is 0.407 e. The van der Waals surface area contributed by atoms with Gasteiger partial charge in [0.05, 0.1) is 29.8 Å². The minimum atomic E-state index is -1.96. The predicted molar refractivity (Wildman–Crippen MR) is 174 cm³/mol. The highest BCUT2D eigenvalue weighted by atomic mass is 16.7. The third-order valence-corrected chi connectivity index (χ3v) is 10.2. The molecule has 0 unspecified atom stereocenters. The van der Waals surface area contributed by atoms with E-state index in [1.807, 2.05) is 32.8 Å². The van der Waals surface area contributed by atoms with E-state index in [0.29, 0.717) is 19.4 Å². The molecule has 0 saturated carbocycles. The molecule has 0 aromatic rings. The van der Waals surface area contributed by atoms with Crippen molar-refractivity contribution in [3.05, 3.63) is 0 Å². The fourth-order valence-electron chi connectivity index (χ4n) is 7.18. The van der Waals surface area contributed by atoms with Gasteiger partial charge in [-0.15, -0.1) is 0 Å². The van der Waals surface area contributed by atoms with Gasteiger partial charge in [-0.05, 0) is 67.5 Å². The maximum Gasteiger partial charge on any atom is 0.407 e. The van der Waals surface area contributed by atoms with E-state index < -0.39 is 83.7 Å². The monoisotopic (exact) mass is 674 g/mol. The summed E-state index contributed by atoms with van der Waals surface area (Å²) in [6.07, 6.45) is -6.60. The molecule has 4 N–H and O–H groups in total. The normalized spacial score (nSPS) is 42.8. The van der Waals surface area contributed by atoms with Gasteiger partial charge in [0.15, 0.2) is 6.29 Å². The topological polar surface area (TPSA) is 173 Å². The Morgan fingerprint density at radius 3 is 2.21 bits per heavy atom. The Hall–Kier alpha value is -1.87. The number of Topliss-reactive ketones (excluding diaryl/α,β-unsaturated/α-hetero) is 1. The van der Waals surface area contributed by atoms with Crippen molar-refractivity contribution in [2.45, 2.75) is 148 Å². The number of rotatable bonds is 8. The molecule has 47 heavy (non-hydrogen) atoms. The van der Waals surface area contributed by atoms with Crippen LogP contribution in [-0.2, 0) is 33.3 Å². The van der Waals surface area contributed by atoms with Gasteiger partial charge in [0.1, 0.15) is 29.7 Å². The zero-order valence-electron chi connectivity index (χ0n) is 30.5. The molecule has 2 saturated heterocycles. The second kappa shape index (κ2) is 17.2. The third-order valence-electron chi connectivity index (χ3n) is 10.2. The van der Waals surface area contributed by atoms with Crippen molar-refractivity contribution in [2.75, 3.05) is 27.7 Å². The highest BCUT2D eigenvalue weighted by Gasteiger charge is 2.52. The summed E-state index contributed by atoms with van der Waals surface area (Å²) in [6.45, 7) is 15.5. The van der Waals surface area contributed by atoms with Gasteiger partial charge >= 0.3 is 12.1 Å². The molecule has 0 aromatic heterocycles. The van der Waals surface area contributed by atoms with Crippen LogP contribution in [0, 0.1) is 23.7 Å². The Bertz CT molecular complexity index is 1040. The average molecular weight is 675 g/mol. The number of hydrogen-bond acceptors (Lipinski definition) is 12. The number of aliphatic hydroxyl groups excluding tert-OH is 2. The molecule has 0 aliphatic carbocycles. The maximum absolute atomic E-state index is 13.8. The first-order valence-corrected chi connectivity index (χ1v) is 17.1. The molecule has 2 rings (SSSR count). The summed E-state index contributed by atoms with van der Waals surface area (Å²) >= 11 is 0.